The summed E-state index contributed by atoms with van der Waals surface area (Å²) in [6, 6.07) is 0. The summed E-state index contributed by atoms with van der Waals surface area (Å²) in [5.41, 5.74) is -3.25. The van der Waals surface area contributed by atoms with E-state index >= 15 is 0 Å². The van der Waals surface area contributed by atoms with E-state index < -0.39 is 24.5 Å². The van der Waals surface area contributed by atoms with Gasteiger partial charge in [-0.2, -0.15) is 0 Å². The van der Waals surface area contributed by atoms with Gasteiger partial charge >= 0.3 is 7.32 Å². The molecule has 3 rings (SSSR count). The first kappa shape index (κ1) is 12.3. The summed E-state index contributed by atoms with van der Waals surface area (Å²) in [5.74, 6) is -1.66. The summed E-state index contributed by atoms with van der Waals surface area (Å²) in [6.45, 7) is 6.33. The summed E-state index contributed by atoms with van der Waals surface area (Å²) in [6.07, 6.45) is -0.221. The van der Waals surface area contributed by atoms with Crippen molar-refractivity contribution in [1.82, 2.24) is 0 Å². The van der Waals surface area contributed by atoms with Gasteiger partial charge in [0.25, 0.3) is 5.97 Å². The van der Waals surface area contributed by atoms with E-state index in [1.807, 2.05) is 0 Å². The van der Waals surface area contributed by atoms with Crippen LogP contribution in [0.4, 0.5) is 0 Å². The Balaban J connectivity index is 2.31. The molecule has 16 heavy (non-hydrogen) atoms. The highest BCUT2D eigenvalue weighted by atomic mass is 17.0. The van der Waals surface area contributed by atoms with Crippen molar-refractivity contribution >= 4 is 7.32 Å². The fourth-order valence-electron chi connectivity index (χ4n) is 1.74. The molecule has 3 saturated heterocycles. The zero-order chi connectivity index (χ0) is 12.2. The topological polar surface area (TPSA) is 77.4 Å². The van der Waals surface area contributed by atoms with Gasteiger partial charge in [-0.25, -0.2) is 0 Å². The largest absolute Gasteiger partial charge is 0.647 e. The quantitative estimate of drug-likeness (QED) is 0.632. The minimum atomic E-state index is -1.72. The van der Waals surface area contributed by atoms with E-state index in [1.165, 1.54) is 13.8 Å². The Hall–Kier alpha value is -0.175. The number of fused-ring (bicyclic) bond motifs is 3. The van der Waals surface area contributed by atoms with Crippen LogP contribution < -0.4 is 0 Å². The van der Waals surface area contributed by atoms with Crippen LogP contribution in [0, 0.1) is 0 Å². The normalized spacial score (nSPS) is 47.8. The molecule has 3 fully saturated rings. The lowest BCUT2D eigenvalue weighted by Gasteiger charge is -2.52. The van der Waals surface area contributed by atoms with Crippen LogP contribution in [0.3, 0.4) is 0 Å². The zero-order valence-corrected chi connectivity index (χ0v) is 9.89. The smallest absolute Gasteiger partial charge is 0.384 e. The van der Waals surface area contributed by atoms with E-state index in [1.54, 1.807) is 13.8 Å². The predicted molar refractivity (Wildman–Crippen MR) is 54.1 cm³/mol. The van der Waals surface area contributed by atoms with Crippen molar-refractivity contribution in [3.05, 3.63) is 0 Å². The number of rotatable bonds is 2. The summed E-state index contributed by atoms with van der Waals surface area (Å²) >= 11 is 0. The van der Waals surface area contributed by atoms with Crippen LogP contribution >= 0.6 is 0 Å². The summed E-state index contributed by atoms with van der Waals surface area (Å²) in [4.78, 5) is 0. The van der Waals surface area contributed by atoms with Crippen LogP contribution in [0.25, 0.3) is 0 Å². The molecule has 0 aromatic carbocycles. The predicted octanol–water partition coefficient (Wildman–Crippen LogP) is -0.371. The molecular formula is C9H17BO6. The van der Waals surface area contributed by atoms with Crippen LogP contribution in [-0.4, -0.2) is 47.4 Å². The van der Waals surface area contributed by atoms with Gasteiger partial charge in [-0.15, -0.1) is 0 Å². The average Bonchev–Trinajstić information content (AvgIpc) is 2.15. The minimum absolute atomic E-state index is 0.0894. The molecule has 3 heterocycles. The maximum atomic E-state index is 10.4. The Morgan fingerprint density at radius 1 is 1.25 bits per heavy atom. The number of hydrogen-bond donors (Lipinski definition) is 2. The maximum Gasteiger partial charge on any atom is 0.647 e. The van der Waals surface area contributed by atoms with Crippen LogP contribution in [0.1, 0.15) is 27.7 Å². The minimum Gasteiger partial charge on any atom is -0.384 e. The van der Waals surface area contributed by atoms with Crippen molar-refractivity contribution in [2.24, 2.45) is 0 Å². The third-order valence-electron chi connectivity index (χ3n) is 3.04. The van der Waals surface area contributed by atoms with Crippen LogP contribution in [0.5, 0.6) is 0 Å². The Kier molecular flexibility index (Phi) is 2.62. The monoisotopic (exact) mass is 232 g/mol. The van der Waals surface area contributed by atoms with Crippen molar-refractivity contribution < 1.29 is 28.9 Å². The molecule has 92 valence electrons. The number of ether oxygens (including phenoxy) is 1. The van der Waals surface area contributed by atoms with E-state index in [-0.39, 0.29) is 12.7 Å². The first-order chi connectivity index (χ1) is 7.20. The van der Waals surface area contributed by atoms with Gasteiger partial charge in [-0.05, 0) is 27.7 Å². The molecule has 2 unspecified atom stereocenters. The van der Waals surface area contributed by atoms with E-state index in [9.17, 15) is 10.2 Å². The number of hydrogen-bond acceptors (Lipinski definition) is 6. The SMILES string of the molecule is CC(C)OC12OB(OCC(C)(O)C1(C)O)O2. The molecule has 0 spiro atoms. The molecule has 3 aliphatic heterocycles. The standard InChI is InChI=1S/C9H17BO6/c1-6(2)14-9-8(4,12)7(3,11)5-13-10(15-9)16-9/h6,11-12H,5H2,1-4H3. The third kappa shape index (κ3) is 1.51. The first-order valence-corrected chi connectivity index (χ1v) is 5.30. The Morgan fingerprint density at radius 3 is 2.31 bits per heavy atom. The molecule has 0 aliphatic carbocycles. The van der Waals surface area contributed by atoms with Gasteiger partial charge in [0.1, 0.15) is 5.60 Å². The fourth-order valence-corrected chi connectivity index (χ4v) is 1.74. The van der Waals surface area contributed by atoms with Gasteiger partial charge < -0.3 is 28.9 Å². The van der Waals surface area contributed by atoms with Gasteiger partial charge in [0, 0.05) is 0 Å². The van der Waals surface area contributed by atoms with Crippen LogP contribution in [0.15, 0.2) is 0 Å². The third-order valence-corrected chi connectivity index (χ3v) is 3.04. The average molecular weight is 232 g/mol. The lowest BCUT2D eigenvalue weighted by molar-refractivity contribution is -0.459. The van der Waals surface area contributed by atoms with E-state index in [0.717, 1.165) is 0 Å². The lowest BCUT2D eigenvalue weighted by Crippen LogP contribution is -2.74. The van der Waals surface area contributed by atoms with Gasteiger partial charge in [-0.3, -0.25) is 0 Å². The van der Waals surface area contributed by atoms with Crippen molar-refractivity contribution in [2.45, 2.75) is 51.0 Å². The maximum absolute atomic E-state index is 10.4. The number of aliphatic hydroxyl groups is 2. The van der Waals surface area contributed by atoms with E-state index in [2.05, 4.69) is 0 Å². The molecule has 0 aromatic heterocycles. The highest BCUT2D eigenvalue weighted by molar-refractivity contribution is 6.39. The van der Waals surface area contributed by atoms with E-state index in [4.69, 9.17) is 18.7 Å². The summed E-state index contributed by atoms with van der Waals surface area (Å²) < 4.78 is 21.1. The molecule has 3 aliphatic rings. The second-order valence-corrected chi connectivity index (χ2v) is 4.90. The highest BCUT2D eigenvalue weighted by Gasteiger charge is 2.73. The van der Waals surface area contributed by atoms with Crippen molar-refractivity contribution in [1.29, 1.82) is 0 Å². The Morgan fingerprint density at radius 2 is 1.81 bits per heavy atom. The molecule has 6 nitrogen and oxygen atoms in total. The van der Waals surface area contributed by atoms with Gasteiger partial charge in [0.15, 0.2) is 5.60 Å². The van der Waals surface area contributed by atoms with Crippen LogP contribution in [-0.2, 0) is 18.7 Å². The van der Waals surface area contributed by atoms with Crippen molar-refractivity contribution in [3.63, 3.8) is 0 Å². The van der Waals surface area contributed by atoms with Gasteiger partial charge in [-0.1, -0.05) is 0 Å². The van der Waals surface area contributed by atoms with Gasteiger partial charge in [0.05, 0.1) is 12.7 Å². The van der Waals surface area contributed by atoms with Gasteiger partial charge in [0.2, 0.25) is 0 Å². The second kappa shape index (κ2) is 3.41. The Labute approximate surface area is 94.6 Å². The Bertz CT molecular complexity index is 284. The molecule has 0 saturated carbocycles. The molecule has 7 heteroatoms. The van der Waals surface area contributed by atoms with Crippen molar-refractivity contribution in [3.8, 4) is 0 Å². The molecule has 2 bridgehead atoms. The summed E-state index contributed by atoms with van der Waals surface area (Å²) in [5, 5.41) is 20.5. The zero-order valence-electron chi connectivity index (χ0n) is 9.89. The molecule has 2 N–H and O–H groups in total. The molecule has 0 aromatic rings. The van der Waals surface area contributed by atoms with E-state index in [0.29, 0.717) is 0 Å². The highest BCUT2D eigenvalue weighted by Crippen LogP contribution is 2.47. The first-order valence-electron chi connectivity index (χ1n) is 5.30. The molecule has 0 amide bonds. The summed E-state index contributed by atoms with van der Waals surface area (Å²) in [7, 11) is -0.890. The lowest BCUT2D eigenvalue weighted by atomic mass is 9.83. The molecule has 2 atom stereocenters. The van der Waals surface area contributed by atoms with Crippen LogP contribution in [0.2, 0.25) is 0 Å². The second-order valence-electron chi connectivity index (χ2n) is 4.90. The fraction of sp³-hybridized carbons (Fsp3) is 1.00. The molecular weight excluding hydrogens is 215 g/mol. The molecule has 0 radical (unpaired) electrons. The van der Waals surface area contributed by atoms with Crippen molar-refractivity contribution in [2.75, 3.05) is 6.61 Å².